The first-order valence-corrected chi connectivity index (χ1v) is 10.1. The number of halogens is 3. The van der Waals surface area contributed by atoms with E-state index in [0.717, 1.165) is 5.56 Å². The van der Waals surface area contributed by atoms with Gasteiger partial charge in [0.15, 0.2) is 11.5 Å². The minimum atomic E-state index is -4.49. The number of carbonyl (C=O) groups is 2. The number of nitrogens with one attached hydrogen (secondary N) is 1. The monoisotopic (exact) mass is 430 g/mol. The number of likely N-dealkylation sites (tertiary alicyclic amines) is 1. The topological polar surface area (TPSA) is 67.9 Å². The van der Waals surface area contributed by atoms with Crippen LogP contribution in [0.4, 0.5) is 13.2 Å². The van der Waals surface area contributed by atoms with Crippen molar-refractivity contribution in [1.82, 2.24) is 10.2 Å². The molecule has 1 aliphatic rings. The van der Waals surface area contributed by atoms with Crippen molar-refractivity contribution in [3.8, 4) is 11.5 Å². The molecule has 1 aromatic rings. The summed E-state index contributed by atoms with van der Waals surface area (Å²) >= 11 is 0. The van der Waals surface area contributed by atoms with Gasteiger partial charge in [0, 0.05) is 13.0 Å². The average molecular weight is 430 g/mol. The molecular weight excluding hydrogens is 401 g/mol. The van der Waals surface area contributed by atoms with Crippen molar-refractivity contribution in [3.63, 3.8) is 0 Å². The van der Waals surface area contributed by atoms with Gasteiger partial charge in [-0.25, -0.2) is 0 Å². The Balaban J connectivity index is 2.15. The van der Waals surface area contributed by atoms with Gasteiger partial charge in [-0.05, 0) is 37.5 Å². The van der Waals surface area contributed by atoms with Crippen LogP contribution in [0.25, 0.3) is 0 Å². The molecule has 1 N–H and O–H groups in total. The minimum Gasteiger partial charge on any atom is -0.490 e. The number of benzene rings is 1. The fourth-order valence-electron chi connectivity index (χ4n) is 3.48. The number of alkyl halides is 3. The van der Waals surface area contributed by atoms with Gasteiger partial charge in [0.1, 0.15) is 6.54 Å². The van der Waals surface area contributed by atoms with Gasteiger partial charge in [-0.15, -0.1) is 0 Å². The molecule has 2 rings (SSSR count). The van der Waals surface area contributed by atoms with Crippen LogP contribution < -0.4 is 14.8 Å². The molecule has 0 saturated carbocycles. The fourth-order valence-corrected chi connectivity index (χ4v) is 3.48. The predicted octanol–water partition coefficient (Wildman–Crippen LogP) is 3.71. The summed E-state index contributed by atoms with van der Waals surface area (Å²) in [4.78, 5) is 25.3. The SMILES string of the molecule is CCOc1ccc(C(NC(=O)C2CC(=O)N(CC(F)(F)F)C2)C(C)C)cc1OCC. The molecule has 1 fully saturated rings. The zero-order chi connectivity index (χ0) is 22.5. The summed E-state index contributed by atoms with van der Waals surface area (Å²) in [5, 5.41) is 2.90. The minimum absolute atomic E-state index is 0.00440. The summed E-state index contributed by atoms with van der Waals surface area (Å²) in [6, 6.07) is 5.01. The van der Waals surface area contributed by atoms with E-state index in [1.165, 1.54) is 0 Å². The van der Waals surface area contributed by atoms with Crippen molar-refractivity contribution in [1.29, 1.82) is 0 Å². The largest absolute Gasteiger partial charge is 0.490 e. The Morgan fingerprint density at radius 2 is 1.83 bits per heavy atom. The van der Waals surface area contributed by atoms with Crippen molar-refractivity contribution in [2.75, 3.05) is 26.3 Å². The van der Waals surface area contributed by atoms with Crippen LogP contribution in [0.15, 0.2) is 18.2 Å². The summed E-state index contributed by atoms with van der Waals surface area (Å²) in [7, 11) is 0. The average Bonchev–Trinajstić information content (AvgIpc) is 3.00. The second-order valence-electron chi connectivity index (χ2n) is 7.59. The molecule has 1 saturated heterocycles. The summed E-state index contributed by atoms with van der Waals surface area (Å²) in [5.41, 5.74) is 0.793. The van der Waals surface area contributed by atoms with Crippen LogP contribution in [0.5, 0.6) is 11.5 Å². The first kappa shape index (κ1) is 23.8. The van der Waals surface area contributed by atoms with Gasteiger partial charge < -0.3 is 19.7 Å². The number of hydrogen-bond donors (Lipinski definition) is 1. The molecule has 2 atom stereocenters. The molecule has 9 heteroatoms. The Morgan fingerprint density at radius 1 is 1.20 bits per heavy atom. The molecule has 1 aliphatic heterocycles. The van der Waals surface area contributed by atoms with Crippen LogP contribution >= 0.6 is 0 Å². The van der Waals surface area contributed by atoms with E-state index in [4.69, 9.17) is 9.47 Å². The van der Waals surface area contributed by atoms with E-state index in [9.17, 15) is 22.8 Å². The third-order valence-corrected chi connectivity index (χ3v) is 4.85. The molecule has 0 radical (unpaired) electrons. The van der Waals surface area contributed by atoms with Crippen molar-refractivity contribution in [2.45, 2.75) is 46.3 Å². The van der Waals surface area contributed by atoms with Gasteiger partial charge >= 0.3 is 6.18 Å². The molecule has 0 aromatic heterocycles. The maximum absolute atomic E-state index is 12.7. The van der Waals surface area contributed by atoms with E-state index >= 15 is 0 Å². The smallest absolute Gasteiger partial charge is 0.406 e. The Kier molecular flexibility index (Phi) is 7.97. The molecular formula is C21H29F3N2O4. The zero-order valence-corrected chi connectivity index (χ0v) is 17.7. The van der Waals surface area contributed by atoms with Crippen LogP contribution in [-0.4, -0.2) is 49.2 Å². The van der Waals surface area contributed by atoms with Gasteiger partial charge in [-0.3, -0.25) is 9.59 Å². The number of hydrogen-bond acceptors (Lipinski definition) is 4. The number of ether oxygens (including phenoxy) is 2. The number of nitrogens with zero attached hydrogens (tertiary/aromatic N) is 1. The van der Waals surface area contributed by atoms with E-state index in [1.807, 2.05) is 33.8 Å². The fraction of sp³-hybridized carbons (Fsp3) is 0.619. The van der Waals surface area contributed by atoms with E-state index in [-0.39, 0.29) is 24.9 Å². The van der Waals surface area contributed by atoms with Gasteiger partial charge in [0.25, 0.3) is 0 Å². The maximum atomic E-state index is 12.7. The molecule has 0 spiro atoms. The van der Waals surface area contributed by atoms with Crippen molar-refractivity contribution in [3.05, 3.63) is 23.8 Å². The van der Waals surface area contributed by atoms with Crippen molar-refractivity contribution >= 4 is 11.8 Å². The molecule has 168 valence electrons. The van der Waals surface area contributed by atoms with Crippen LogP contribution in [0.1, 0.15) is 45.7 Å². The maximum Gasteiger partial charge on any atom is 0.406 e. The first-order chi connectivity index (χ1) is 14.1. The Bertz CT molecular complexity index is 752. The van der Waals surface area contributed by atoms with E-state index in [1.54, 1.807) is 12.1 Å². The number of carbonyl (C=O) groups excluding carboxylic acids is 2. The summed E-state index contributed by atoms with van der Waals surface area (Å²) in [6.07, 6.45) is -4.71. The Labute approximate surface area is 174 Å². The second kappa shape index (κ2) is 10.0. The van der Waals surface area contributed by atoms with Crippen LogP contribution in [-0.2, 0) is 9.59 Å². The molecule has 6 nitrogen and oxygen atoms in total. The second-order valence-corrected chi connectivity index (χ2v) is 7.59. The molecule has 30 heavy (non-hydrogen) atoms. The molecule has 1 heterocycles. The van der Waals surface area contributed by atoms with E-state index < -0.39 is 30.5 Å². The Hall–Kier alpha value is -2.45. The highest BCUT2D eigenvalue weighted by atomic mass is 19.4. The van der Waals surface area contributed by atoms with Crippen molar-refractivity contribution in [2.24, 2.45) is 11.8 Å². The van der Waals surface area contributed by atoms with Gasteiger partial charge in [0.2, 0.25) is 11.8 Å². The van der Waals surface area contributed by atoms with E-state index in [0.29, 0.717) is 29.6 Å². The molecule has 2 unspecified atom stereocenters. The van der Waals surface area contributed by atoms with Gasteiger partial charge in [-0.1, -0.05) is 19.9 Å². The summed E-state index contributed by atoms with van der Waals surface area (Å²) < 4.78 is 49.1. The van der Waals surface area contributed by atoms with Crippen LogP contribution in [0.2, 0.25) is 0 Å². The Morgan fingerprint density at radius 3 is 2.40 bits per heavy atom. The number of rotatable bonds is 9. The molecule has 2 amide bonds. The molecule has 0 aliphatic carbocycles. The number of amides is 2. The molecule has 1 aromatic carbocycles. The lowest BCUT2D eigenvalue weighted by Gasteiger charge is -2.25. The van der Waals surface area contributed by atoms with Gasteiger partial charge in [0.05, 0.1) is 25.2 Å². The zero-order valence-electron chi connectivity index (χ0n) is 17.7. The predicted molar refractivity (Wildman–Crippen MR) is 105 cm³/mol. The summed E-state index contributed by atoms with van der Waals surface area (Å²) in [5.74, 6) is -0.739. The highest BCUT2D eigenvalue weighted by Crippen LogP contribution is 2.33. The highest BCUT2D eigenvalue weighted by Gasteiger charge is 2.41. The lowest BCUT2D eigenvalue weighted by Crippen LogP contribution is -2.39. The quantitative estimate of drug-likeness (QED) is 0.649. The first-order valence-electron chi connectivity index (χ1n) is 10.1. The van der Waals surface area contributed by atoms with E-state index in [2.05, 4.69) is 5.32 Å². The standard InChI is InChI=1S/C21H29F3N2O4/c1-5-29-16-8-7-14(9-17(16)30-6-2)19(13(3)4)25-20(28)15-10-18(27)26(11-15)12-21(22,23)24/h7-9,13,15,19H,5-6,10-12H2,1-4H3,(H,25,28). The lowest BCUT2D eigenvalue weighted by atomic mass is 9.94. The van der Waals surface area contributed by atoms with Crippen LogP contribution in [0, 0.1) is 11.8 Å². The normalized spacial score (nSPS) is 17.9. The lowest BCUT2D eigenvalue weighted by molar-refractivity contribution is -0.157. The highest BCUT2D eigenvalue weighted by molar-refractivity contribution is 5.89. The van der Waals surface area contributed by atoms with Gasteiger partial charge in [-0.2, -0.15) is 13.2 Å². The third kappa shape index (κ3) is 6.27. The molecule has 0 bridgehead atoms. The summed E-state index contributed by atoms with van der Waals surface area (Å²) in [6.45, 7) is 6.94. The third-order valence-electron chi connectivity index (χ3n) is 4.85. The van der Waals surface area contributed by atoms with Crippen LogP contribution in [0.3, 0.4) is 0 Å². The van der Waals surface area contributed by atoms with Crippen molar-refractivity contribution < 1.29 is 32.2 Å².